The Morgan fingerprint density at radius 3 is 2.95 bits per heavy atom. The second-order valence-corrected chi connectivity index (χ2v) is 4.26. The Bertz CT molecular complexity index is 436. The van der Waals surface area contributed by atoms with E-state index in [1.54, 1.807) is 31.6 Å². The molecule has 1 rings (SSSR count). The summed E-state index contributed by atoms with van der Waals surface area (Å²) in [5.41, 5.74) is 0.663. The lowest BCUT2D eigenvalue weighted by molar-refractivity contribution is -0.114. The number of aliphatic imine (C=N–C) groups is 1. The van der Waals surface area contributed by atoms with E-state index in [1.165, 1.54) is 0 Å². The maximum Gasteiger partial charge on any atom is 0.246 e. The van der Waals surface area contributed by atoms with Crippen LogP contribution in [-0.2, 0) is 9.53 Å². The number of hydrogen-bond acceptors (Lipinski definition) is 4. The Balaban J connectivity index is 2.39. The van der Waals surface area contributed by atoms with Crippen molar-refractivity contribution in [3.63, 3.8) is 0 Å². The molecule has 0 saturated carbocycles. The fourth-order valence-corrected chi connectivity index (χ4v) is 1.55. The van der Waals surface area contributed by atoms with Crippen LogP contribution >= 0.6 is 0 Å². The number of carbonyl (C=O) groups is 1. The quantitative estimate of drug-likeness (QED) is 0.371. The zero-order valence-electron chi connectivity index (χ0n) is 12.6. The van der Waals surface area contributed by atoms with Gasteiger partial charge in [0.2, 0.25) is 5.91 Å². The monoisotopic (exact) mass is 293 g/mol. The summed E-state index contributed by atoms with van der Waals surface area (Å²) in [4.78, 5) is 19.9. The molecule has 0 fully saturated rings. The molecular weight excluding hydrogens is 270 g/mol. The van der Waals surface area contributed by atoms with E-state index in [-0.39, 0.29) is 12.5 Å². The number of hydrogen-bond donors (Lipinski definition) is 3. The first-order chi connectivity index (χ1) is 10.3. The average molecular weight is 293 g/mol. The van der Waals surface area contributed by atoms with Crippen LogP contribution in [0.4, 0.5) is 5.69 Å². The zero-order chi connectivity index (χ0) is 15.3. The molecule has 0 aliphatic rings. The summed E-state index contributed by atoms with van der Waals surface area (Å²) in [6.07, 6.45) is 4.12. The van der Waals surface area contributed by atoms with Crippen LogP contribution in [0.5, 0.6) is 0 Å². The van der Waals surface area contributed by atoms with E-state index in [2.05, 4.69) is 25.9 Å². The smallest absolute Gasteiger partial charge is 0.246 e. The van der Waals surface area contributed by atoms with Crippen molar-refractivity contribution >= 4 is 17.6 Å². The predicted molar refractivity (Wildman–Crippen MR) is 83.3 cm³/mol. The van der Waals surface area contributed by atoms with Crippen molar-refractivity contribution in [1.82, 2.24) is 15.6 Å². The highest BCUT2D eigenvalue weighted by atomic mass is 16.5. The lowest BCUT2D eigenvalue weighted by Gasteiger charge is -2.11. The van der Waals surface area contributed by atoms with Gasteiger partial charge in [0.25, 0.3) is 0 Å². The summed E-state index contributed by atoms with van der Waals surface area (Å²) in [5.74, 6) is 0.437. The molecule has 116 valence electrons. The molecule has 0 radical (unpaired) electrons. The topological polar surface area (TPSA) is 87.6 Å². The van der Waals surface area contributed by atoms with E-state index < -0.39 is 0 Å². The molecule has 1 heterocycles. The Labute approximate surface area is 125 Å². The Hall–Kier alpha value is -2.15. The number of aromatic nitrogens is 1. The minimum atomic E-state index is -0.183. The van der Waals surface area contributed by atoms with Crippen molar-refractivity contribution in [3.8, 4) is 0 Å². The molecule has 0 bridgehead atoms. The van der Waals surface area contributed by atoms with Gasteiger partial charge in [-0.15, -0.1) is 0 Å². The molecule has 21 heavy (non-hydrogen) atoms. The zero-order valence-corrected chi connectivity index (χ0v) is 12.6. The highest BCUT2D eigenvalue weighted by molar-refractivity contribution is 5.93. The van der Waals surface area contributed by atoms with Gasteiger partial charge in [-0.2, -0.15) is 0 Å². The standard InChI is InChI=1S/C14H23N5O2/c1-3-16-14(17-8-5-9-21-2)18-11-13(20)19-12-6-4-7-15-10-12/h4,6-7,10H,3,5,8-9,11H2,1-2H3,(H,19,20)(H2,16,17,18). The molecule has 7 heteroatoms. The number of carbonyl (C=O) groups excluding carboxylic acids is 1. The van der Waals surface area contributed by atoms with Crippen LogP contribution in [-0.4, -0.2) is 50.2 Å². The molecule has 0 aromatic carbocycles. The first-order valence-electron chi connectivity index (χ1n) is 6.97. The SMILES string of the molecule is CCNC(=NCC(=O)Nc1cccnc1)NCCCOC. The minimum Gasteiger partial charge on any atom is -0.385 e. The van der Waals surface area contributed by atoms with Crippen molar-refractivity contribution < 1.29 is 9.53 Å². The fraction of sp³-hybridized carbons (Fsp3) is 0.500. The van der Waals surface area contributed by atoms with Gasteiger partial charge in [-0.1, -0.05) is 0 Å². The van der Waals surface area contributed by atoms with Crippen LogP contribution in [0.15, 0.2) is 29.5 Å². The number of nitrogens with one attached hydrogen (secondary N) is 3. The third kappa shape index (κ3) is 7.88. The lowest BCUT2D eigenvalue weighted by Crippen LogP contribution is -2.38. The minimum absolute atomic E-state index is 0.0501. The largest absolute Gasteiger partial charge is 0.385 e. The number of nitrogens with zero attached hydrogens (tertiary/aromatic N) is 2. The molecule has 1 amide bonds. The van der Waals surface area contributed by atoms with E-state index in [1.807, 2.05) is 6.92 Å². The van der Waals surface area contributed by atoms with Crippen LogP contribution in [0.2, 0.25) is 0 Å². The average Bonchev–Trinajstić information content (AvgIpc) is 2.50. The Kier molecular flexibility index (Phi) is 8.54. The Morgan fingerprint density at radius 1 is 1.43 bits per heavy atom. The molecule has 7 nitrogen and oxygen atoms in total. The third-order valence-corrected chi connectivity index (χ3v) is 2.49. The van der Waals surface area contributed by atoms with Gasteiger partial charge in [-0.3, -0.25) is 9.78 Å². The molecule has 3 N–H and O–H groups in total. The summed E-state index contributed by atoms with van der Waals surface area (Å²) >= 11 is 0. The molecule has 0 atom stereocenters. The maximum atomic E-state index is 11.8. The van der Waals surface area contributed by atoms with Gasteiger partial charge in [-0.25, -0.2) is 4.99 Å². The number of methoxy groups -OCH3 is 1. The summed E-state index contributed by atoms with van der Waals surface area (Å²) in [6.45, 7) is 4.19. The van der Waals surface area contributed by atoms with Gasteiger partial charge in [0.15, 0.2) is 5.96 Å². The fourth-order valence-electron chi connectivity index (χ4n) is 1.55. The molecule has 0 unspecified atom stereocenters. The molecule has 0 saturated heterocycles. The van der Waals surface area contributed by atoms with E-state index in [9.17, 15) is 4.79 Å². The number of pyridine rings is 1. The molecule has 0 spiro atoms. The van der Waals surface area contributed by atoms with Crippen LogP contribution in [0.1, 0.15) is 13.3 Å². The second kappa shape index (κ2) is 10.6. The summed E-state index contributed by atoms with van der Waals surface area (Å²) in [7, 11) is 1.67. The first kappa shape index (κ1) is 16.9. The van der Waals surface area contributed by atoms with E-state index >= 15 is 0 Å². The van der Waals surface area contributed by atoms with Gasteiger partial charge >= 0.3 is 0 Å². The third-order valence-electron chi connectivity index (χ3n) is 2.49. The van der Waals surface area contributed by atoms with E-state index in [0.29, 0.717) is 18.3 Å². The highest BCUT2D eigenvalue weighted by Crippen LogP contribution is 2.01. The van der Waals surface area contributed by atoms with Gasteiger partial charge in [-0.05, 0) is 25.5 Å². The van der Waals surface area contributed by atoms with Crippen molar-refractivity contribution in [3.05, 3.63) is 24.5 Å². The summed E-state index contributed by atoms with van der Waals surface area (Å²) in [6, 6.07) is 3.54. The van der Waals surface area contributed by atoms with Crippen LogP contribution in [0.25, 0.3) is 0 Å². The molecule has 1 aromatic heterocycles. The van der Waals surface area contributed by atoms with Crippen LogP contribution in [0, 0.1) is 0 Å². The van der Waals surface area contributed by atoms with Crippen molar-refractivity contribution in [2.75, 3.05) is 38.7 Å². The van der Waals surface area contributed by atoms with Crippen molar-refractivity contribution in [1.29, 1.82) is 0 Å². The normalized spacial score (nSPS) is 11.0. The van der Waals surface area contributed by atoms with Gasteiger partial charge in [0.05, 0.1) is 11.9 Å². The van der Waals surface area contributed by atoms with Gasteiger partial charge in [0.1, 0.15) is 6.54 Å². The van der Waals surface area contributed by atoms with Gasteiger partial charge in [0, 0.05) is 33.0 Å². The summed E-state index contributed by atoms with van der Waals surface area (Å²) < 4.78 is 4.98. The number of amides is 1. The van der Waals surface area contributed by atoms with E-state index in [0.717, 1.165) is 19.5 Å². The predicted octanol–water partition coefficient (Wildman–Crippen LogP) is 0.612. The maximum absolute atomic E-state index is 11.8. The number of ether oxygens (including phenoxy) is 1. The molecule has 1 aromatic rings. The second-order valence-electron chi connectivity index (χ2n) is 4.26. The molecule has 0 aliphatic carbocycles. The number of anilines is 1. The molecule has 0 aliphatic heterocycles. The molecular formula is C14H23N5O2. The number of rotatable bonds is 8. The first-order valence-corrected chi connectivity index (χ1v) is 6.97. The van der Waals surface area contributed by atoms with Crippen LogP contribution in [0.3, 0.4) is 0 Å². The van der Waals surface area contributed by atoms with Crippen LogP contribution < -0.4 is 16.0 Å². The highest BCUT2D eigenvalue weighted by Gasteiger charge is 2.02. The van der Waals surface area contributed by atoms with Crippen molar-refractivity contribution in [2.24, 2.45) is 4.99 Å². The number of guanidine groups is 1. The van der Waals surface area contributed by atoms with E-state index in [4.69, 9.17) is 4.74 Å². The Morgan fingerprint density at radius 2 is 2.29 bits per heavy atom. The summed E-state index contributed by atoms with van der Waals surface area (Å²) in [5, 5.41) is 8.96. The van der Waals surface area contributed by atoms with Gasteiger partial charge < -0.3 is 20.7 Å². The van der Waals surface area contributed by atoms with Crippen molar-refractivity contribution in [2.45, 2.75) is 13.3 Å². The lowest BCUT2D eigenvalue weighted by atomic mass is 10.4.